The SMILES string of the molecule is [B]c1cc(Br)c2[nH]ncc2c1OC. The van der Waals surface area contributed by atoms with Gasteiger partial charge in [-0.3, -0.25) is 5.10 Å². The zero-order valence-electron chi connectivity index (χ0n) is 6.97. The molecule has 0 bridgehead atoms. The number of aromatic amines is 1. The molecule has 0 unspecified atom stereocenters. The first-order valence-corrected chi connectivity index (χ1v) is 4.48. The third-order valence-electron chi connectivity index (χ3n) is 1.87. The van der Waals surface area contributed by atoms with E-state index in [9.17, 15) is 0 Å². The first kappa shape index (κ1) is 8.63. The lowest BCUT2D eigenvalue weighted by atomic mass is 9.93. The molecule has 1 aromatic carbocycles. The Morgan fingerprint density at radius 3 is 3.08 bits per heavy atom. The molecule has 0 saturated heterocycles. The number of benzene rings is 1. The summed E-state index contributed by atoms with van der Waals surface area (Å²) < 4.78 is 6.05. The summed E-state index contributed by atoms with van der Waals surface area (Å²) in [6.45, 7) is 0. The normalized spacial score (nSPS) is 10.6. The van der Waals surface area contributed by atoms with Crippen molar-refractivity contribution in [3.05, 3.63) is 16.7 Å². The van der Waals surface area contributed by atoms with Crippen LogP contribution in [0.4, 0.5) is 0 Å². The van der Waals surface area contributed by atoms with Crippen molar-refractivity contribution in [2.75, 3.05) is 7.11 Å². The Hall–Kier alpha value is -0.965. The first-order valence-electron chi connectivity index (χ1n) is 3.69. The Morgan fingerprint density at radius 2 is 2.38 bits per heavy atom. The maximum atomic E-state index is 5.76. The van der Waals surface area contributed by atoms with Crippen LogP contribution in [0.5, 0.6) is 5.75 Å². The van der Waals surface area contributed by atoms with E-state index < -0.39 is 0 Å². The van der Waals surface area contributed by atoms with Crippen LogP contribution in [0.15, 0.2) is 16.7 Å². The van der Waals surface area contributed by atoms with E-state index in [4.69, 9.17) is 12.6 Å². The number of nitrogens with one attached hydrogen (secondary N) is 1. The van der Waals surface area contributed by atoms with E-state index in [0.29, 0.717) is 11.2 Å². The number of ether oxygens (including phenoxy) is 1. The van der Waals surface area contributed by atoms with Crippen molar-refractivity contribution in [1.29, 1.82) is 0 Å². The van der Waals surface area contributed by atoms with Crippen LogP contribution in [0, 0.1) is 0 Å². The Morgan fingerprint density at radius 1 is 1.62 bits per heavy atom. The molecular weight excluding hydrogens is 231 g/mol. The van der Waals surface area contributed by atoms with Gasteiger partial charge in [-0.25, -0.2) is 0 Å². The van der Waals surface area contributed by atoms with Gasteiger partial charge in [-0.2, -0.15) is 5.10 Å². The highest BCUT2D eigenvalue weighted by Crippen LogP contribution is 2.27. The molecule has 2 aromatic rings. The van der Waals surface area contributed by atoms with Gasteiger partial charge < -0.3 is 4.74 Å². The van der Waals surface area contributed by atoms with Gasteiger partial charge in [-0.05, 0) is 22.0 Å². The average molecular weight is 237 g/mol. The second-order valence-electron chi connectivity index (χ2n) is 2.64. The van der Waals surface area contributed by atoms with Crippen LogP contribution in [0.3, 0.4) is 0 Å². The molecular formula is C8H6BBrN2O. The molecule has 5 heteroatoms. The van der Waals surface area contributed by atoms with Gasteiger partial charge in [0.1, 0.15) is 13.6 Å². The van der Waals surface area contributed by atoms with E-state index in [1.54, 1.807) is 19.4 Å². The molecule has 1 heterocycles. The molecule has 0 aliphatic carbocycles. The molecule has 64 valence electrons. The average Bonchev–Trinajstić information content (AvgIpc) is 2.53. The number of hydrogen-bond acceptors (Lipinski definition) is 2. The van der Waals surface area contributed by atoms with Crippen LogP contribution < -0.4 is 10.2 Å². The summed E-state index contributed by atoms with van der Waals surface area (Å²) in [6, 6.07) is 1.79. The van der Waals surface area contributed by atoms with Gasteiger partial charge in [-0.1, -0.05) is 5.46 Å². The van der Waals surface area contributed by atoms with Crippen molar-refractivity contribution < 1.29 is 4.74 Å². The van der Waals surface area contributed by atoms with Gasteiger partial charge in [0, 0.05) is 4.47 Å². The van der Waals surface area contributed by atoms with Crippen molar-refractivity contribution in [2.45, 2.75) is 0 Å². The zero-order chi connectivity index (χ0) is 9.42. The number of rotatable bonds is 1. The topological polar surface area (TPSA) is 37.9 Å². The standard InChI is InChI=1S/C8H6BBrN2O/c1-13-8-4-3-11-12-7(4)6(10)2-5(8)9/h2-3H,1H3,(H,11,12). The van der Waals surface area contributed by atoms with E-state index in [1.807, 2.05) is 0 Å². The second kappa shape index (κ2) is 3.07. The van der Waals surface area contributed by atoms with Crippen LogP contribution in [0.25, 0.3) is 10.9 Å². The maximum absolute atomic E-state index is 5.76. The lowest BCUT2D eigenvalue weighted by Crippen LogP contribution is -2.07. The molecule has 0 atom stereocenters. The number of hydrogen-bond donors (Lipinski definition) is 1. The van der Waals surface area contributed by atoms with Crippen molar-refractivity contribution in [1.82, 2.24) is 10.2 Å². The predicted octanol–water partition coefficient (Wildman–Crippen LogP) is 1.13. The van der Waals surface area contributed by atoms with Gasteiger partial charge >= 0.3 is 0 Å². The van der Waals surface area contributed by atoms with Gasteiger partial charge in [0.05, 0.1) is 24.2 Å². The number of halogens is 1. The number of methoxy groups -OCH3 is 1. The minimum absolute atomic E-state index is 0.600. The van der Waals surface area contributed by atoms with Gasteiger partial charge in [-0.15, -0.1) is 0 Å². The molecule has 1 aromatic heterocycles. The number of aromatic nitrogens is 2. The van der Waals surface area contributed by atoms with E-state index >= 15 is 0 Å². The smallest absolute Gasteiger partial charge is 0.122 e. The van der Waals surface area contributed by atoms with E-state index in [2.05, 4.69) is 26.1 Å². The molecule has 0 aliphatic rings. The summed E-state index contributed by atoms with van der Waals surface area (Å²) >= 11 is 3.38. The maximum Gasteiger partial charge on any atom is 0.122 e. The van der Waals surface area contributed by atoms with Gasteiger partial charge in [0.25, 0.3) is 0 Å². The number of nitrogens with zero attached hydrogens (tertiary/aromatic N) is 1. The molecule has 1 N–H and O–H groups in total. The largest absolute Gasteiger partial charge is 0.497 e. The lowest BCUT2D eigenvalue weighted by Gasteiger charge is -2.06. The van der Waals surface area contributed by atoms with Crippen molar-refractivity contribution in [3.63, 3.8) is 0 Å². The summed E-state index contributed by atoms with van der Waals surface area (Å²) in [5, 5.41) is 7.66. The highest BCUT2D eigenvalue weighted by atomic mass is 79.9. The van der Waals surface area contributed by atoms with Gasteiger partial charge in [0.15, 0.2) is 0 Å². The molecule has 2 radical (unpaired) electrons. The first-order chi connectivity index (χ1) is 6.24. The summed E-state index contributed by atoms with van der Waals surface area (Å²) in [6.07, 6.45) is 1.69. The third-order valence-corrected chi connectivity index (χ3v) is 2.50. The van der Waals surface area contributed by atoms with E-state index in [-0.39, 0.29) is 0 Å². The van der Waals surface area contributed by atoms with E-state index in [1.165, 1.54) is 0 Å². The fourth-order valence-electron chi connectivity index (χ4n) is 1.30. The van der Waals surface area contributed by atoms with Crippen LogP contribution >= 0.6 is 15.9 Å². The van der Waals surface area contributed by atoms with Crippen LogP contribution in [-0.4, -0.2) is 25.2 Å². The highest BCUT2D eigenvalue weighted by Gasteiger charge is 2.09. The number of fused-ring (bicyclic) bond motifs is 1. The zero-order valence-corrected chi connectivity index (χ0v) is 8.55. The van der Waals surface area contributed by atoms with Crippen molar-refractivity contribution in [2.24, 2.45) is 0 Å². The molecule has 0 amide bonds. The Kier molecular flexibility index (Phi) is 2.03. The summed E-state index contributed by atoms with van der Waals surface area (Å²) in [4.78, 5) is 0. The van der Waals surface area contributed by atoms with E-state index in [0.717, 1.165) is 15.4 Å². The summed E-state index contributed by atoms with van der Waals surface area (Å²) in [5.41, 5.74) is 1.49. The fourth-order valence-corrected chi connectivity index (χ4v) is 1.85. The van der Waals surface area contributed by atoms with Crippen molar-refractivity contribution >= 4 is 40.1 Å². The van der Waals surface area contributed by atoms with Crippen LogP contribution in [0.1, 0.15) is 0 Å². The molecule has 3 nitrogen and oxygen atoms in total. The molecule has 0 spiro atoms. The summed E-state index contributed by atoms with van der Waals surface area (Å²) in [7, 11) is 7.35. The molecule has 13 heavy (non-hydrogen) atoms. The molecule has 2 rings (SSSR count). The minimum atomic E-state index is 0.600. The van der Waals surface area contributed by atoms with Gasteiger partial charge in [0.2, 0.25) is 0 Å². The Balaban J connectivity index is 2.88. The monoisotopic (exact) mass is 236 g/mol. The molecule has 0 fully saturated rings. The summed E-state index contributed by atoms with van der Waals surface area (Å²) in [5.74, 6) is 0.659. The number of H-pyrrole nitrogens is 1. The fraction of sp³-hybridized carbons (Fsp3) is 0.125. The third kappa shape index (κ3) is 1.23. The Bertz CT molecular complexity index is 455. The molecule has 0 aliphatic heterocycles. The quantitative estimate of drug-likeness (QED) is 0.754. The molecule has 0 saturated carbocycles. The lowest BCUT2D eigenvalue weighted by molar-refractivity contribution is 0.423. The van der Waals surface area contributed by atoms with Crippen LogP contribution in [-0.2, 0) is 0 Å². The second-order valence-corrected chi connectivity index (χ2v) is 3.49. The van der Waals surface area contributed by atoms with Crippen LogP contribution in [0.2, 0.25) is 0 Å². The minimum Gasteiger partial charge on any atom is -0.497 e. The van der Waals surface area contributed by atoms with Crippen molar-refractivity contribution in [3.8, 4) is 5.75 Å². The highest BCUT2D eigenvalue weighted by molar-refractivity contribution is 9.10. The predicted molar refractivity (Wildman–Crippen MR) is 55.7 cm³/mol. The Labute approximate surface area is 85.0 Å².